The lowest BCUT2D eigenvalue weighted by Crippen LogP contribution is -2.35. The molecule has 1 aliphatic rings. The first-order chi connectivity index (χ1) is 10.5. The van der Waals surface area contributed by atoms with Crippen molar-refractivity contribution in [1.82, 2.24) is 0 Å². The number of carbonyl (C=O) groups is 1. The fourth-order valence-electron chi connectivity index (χ4n) is 2.52. The molecule has 3 rings (SSSR count). The van der Waals surface area contributed by atoms with Gasteiger partial charge in [0.05, 0.1) is 12.7 Å². The number of rotatable bonds is 2. The molecule has 1 heterocycles. The van der Waals surface area contributed by atoms with Crippen molar-refractivity contribution in [3.8, 4) is 23.0 Å². The van der Waals surface area contributed by atoms with Crippen LogP contribution in [0.15, 0.2) is 36.4 Å². The monoisotopic (exact) mass is 302 g/mol. The predicted molar refractivity (Wildman–Crippen MR) is 76.5 cm³/mol. The molecule has 114 valence electrons. The van der Waals surface area contributed by atoms with Gasteiger partial charge in [-0.3, -0.25) is 4.79 Å². The third-order valence-electron chi connectivity index (χ3n) is 3.62. The molecular weight excluding hydrogens is 288 g/mol. The highest BCUT2D eigenvalue weighted by molar-refractivity contribution is 6.04. The van der Waals surface area contributed by atoms with Crippen LogP contribution in [-0.4, -0.2) is 34.5 Å². The molecule has 3 N–H and O–H groups in total. The molecule has 0 amide bonds. The number of hydrogen-bond acceptors (Lipinski definition) is 6. The zero-order valence-electron chi connectivity index (χ0n) is 11.7. The highest BCUT2D eigenvalue weighted by atomic mass is 16.6. The SMILES string of the molecule is COc1ccc([C@H]2C(=O)c3ccc(O)cc3OC2O)c(O)c1. The number of ketones is 1. The van der Waals surface area contributed by atoms with Crippen molar-refractivity contribution in [3.05, 3.63) is 47.5 Å². The molecule has 0 saturated heterocycles. The third-order valence-corrected chi connectivity index (χ3v) is 3.62. The van der Waals surface area contributed by atoms with Gasteiger partial charge in [-0.1, -0.05) is 6.07 Å². The Bertz CT molecular complexity index is 739. The molecule has 0 aromatic heterocycles. The standard InChI is InChI=1S/C16H14O6/c1-21-9-3-5-10(12(18)7-9)14-15(19)11-4-2-8(17)6-13(11)22-16(14)20/h2-7,14,16-18,20H,1H3/t14-,16?/m0/s1. The van der Waals surface area contributed by atoms with Crippen molar-refractivity contribution in [1.29, 1.82) is 0 Å². The zero-order valence-corrected chi connectivity index (χ0v) is 11.7. The maximum atomic E-state index is 12.6. The Morgan fingerprint density at radius 2 is 1.91 bits per heavy atom. The summed E-state index contributed by atoms with van der Waals surface area (Å²) < 4.78 is 10.3. The summed E-state index contributed by atoms with van der Waals surface area (Å²) in [6, 6.07) is 8.51. The van der Waals surface area contributed by atoms with Crippen LogP contribution in [0.3, 0.4) is 0 Å². The van der Waals surface area contributed by atoms with Crippen LogP contribution in [0.2, 0.25) is 0 Å². The summed E-state index contributed by atoms with van der Waals surface area (Å²) in [7, 11) is 1.46. The highest BCUT2D eigenvalue weighted by Gasteiger charge is 2.39. The van der Waals surface area contributed by atoms with E-state index in [0.29, 0.717) is 5.75 Å². The van der Waals surface area contributed by atoms with Gasteiger partial charge < -0.3 is 24.8 Å². The van der Waals surface area contributed by atoms with Crippen molar-refractivity contribution in [3.63, 3.8) is 0 Å². The first-order valence-corrected chi connectivity index (χ1v) is 6.60. The molecule has 2 aromatic carbocycles. The van der Waals surface area contributed by atoms with E-state index in [9.17, 15) is 20.1 Å². The number of fused-ring (bicyclic) bond motifs is 1. The van der Waals surface area contributed by atoms with Gasteiger partial charge in [-0.05, 0) is 18.2 Å². The summed E-state index contributed by atoms with van der Waals surface area (Å²) in [5, 5.41) is 29.6. The van der Waals surface area contributed by atoms with Gasteiger partial charge in [0, 0.05) is 17.7 Å². The second kappa shape index (κ2) is 5.23. The topological polar surface area (TPSA) is 96.2 Å². The molecule has 0 radical (unpaired) electrons. The minimum atomic E-state index is -1.46. The van der Waals surface area contributed by atoms with Crippen LogP contribution in [0.5, 0.6) is 23.0 Å². The van der Waals surface area contributed by atoms with Crippen molar-refractivity contribution in [2.75, 3.05) is 7.11 Å². The Labute approximate surface area is 126 Å². The first kappa shape index (κ1) is 14.2. The Balaban J connectivity index is 2.05. The Hall–Kier alpha value is -2.73. The summed E-state index contributed by atoms with van der Waals surface area (Å²) >= 11 is 0. The average molecular weight is 302 g/mol. The van der Waals surface area contributed by atoms with Gasteiger partial charge in [-0.2, -0.15) is 0 Å². The average Bonchev–Trinajstić information content (AvgIpc) is 2.48. The van der Waals surface area contributed by atoms with Crippen LogP contribution in [0.1, 0.15) is 21.8 Å². The van der Waals surface area contributed by atoms with Crippen molar-refractivity contribution in [2.45, 2.75) is 12.2 Å². The van der Waals surface area contributed by atoms with Gasteiger partial charge in [-0.15, -0.1) is 0 Å². The van der Waals surface area contributed by atoms with Gasteiger partial charge >= 0.3 is 0 Å². The third kappa shape index (κ3) is 2.23. The second-order valence-electron chi connectivity index (χ2n) is 4.96. The Morgan fingerprint density at radius 1 is 1.14 bits per heavy atom. The van der Waals surface area contributed by atoms with E-state index in [1.807, 2.05) is 0 Å². The van der Waals surface area contributed by atoms with Gasteiger partial charge in [0.1, 0.15) is 28.9 Å². The molecule has 0 saturated carbocycles. The number of methoxy groups -OCH3 is 1. The van der Waals surface area contributed by atoms with E-state index in [0.717, 1.165) is 0 Å². The fraction of sp³-hybridized carbons (Fsp3) is 0.188. The van der Waals surface area contributed by atoms with Crippen LogP contribution < -0.4 is 9.47 Å². The molecule has 0 fully saturated rings. The number of carbonyl (C=O) groups excluding carboxylic acids is 1. The van der Waals surface area contributed by atoms with Crippen LogP contribution in [0.4, 0.5) is 0 Å². The summed E-state index contributed by atoms with van der Waals surface area (Å²) in [4.78, 5) is 12.6. The van der Waals surface area contributed by atoms with Gasteiger partial charge in [-0.25, -0.2) is 0 Å². The molecule has 0 bridgehead atoms. The van der Waals surface area contributed by atoms with E-state index in [-0.39, 0.29) is 28.4 Å². The first-order valence-electron chi connectivity index (χ1n) is 6.60. The number of Topliss-reactive ketones (excluding diaryl/α,β-unsaturated/α-hetero) is 1. The second-order valence-corrected chi connectivity index (χ2v) is 4.96. The molecule has 0 aliphatic carbocycles. The molecule has 2 aromatic rings. The molecule has 6 heteroatoms. The number of hydrogen-bond donors (Lipinski definition) is 3. The molecule has 22 heavy (non-hydrogen) atoms. The molecule has 1 unspecified atom stereocenters. The summed E-state index contributed by atoms with van der Waals surface area (Å²) in [6.07, 6.45) is -1.46. The van der Waals surface area contributed by atoms with Crippen LogP contribution in [0.25, 0.3) is 0 Å². The van der Waals surface area contributed by atoms with Crippen molar-refractivity contribution in [2.24, 2.45) is 0 Å². The summed E-state index contributed by atoms with van der Waals surface area (Å²) in [5.41, 5.74) is 0.486. The van der Waals surface area contributed by atoms with Crippen LogP contribution in [-0.2, 0) is 0 Å². The van der Waals surface area contributed by atoms with E-state index >= 15 is 0 Å². The van der Waals surface area contributed by atoms with Gasteiger partial charge in [0.2, 0.25) is 6.29 Å². The largest absolute Gasteiger partial charge is 0.508 e. The van der Waals surface area contributed by atoms with E-state index < -0.39 is 18.0 Å². The number of aliphatic hydroxyl groups is 1. The lowest BCUT2D eigenvalue weighted by atomic mass is 9.87. The number of phenolic OH excluding ortho intramolecular Hbond substituents is 2. The highest BCUT2D eigenvalue weighted by Crippen LogP contribution is 2.40. The summed E-state index contributed by atoms with van der Waals surface area (Å²) in [5.74, 6) is -1.13. The van der Waals surface area contributed by atoms with Crippen LogP contribution in [0, 0.1) is 0 Å². The Morgan fingerprint density at radius 3 is 2.59 bits per heavy atom. The van der Waals surface area contributed by atoms with E-state index in [1.54, 1.807) is 6.07 Å². The number of phenols is 2. The molecule has 6 nitrogen and oxygen atoms in total. The lowest BCUT2D eigenvalue weighted by Gasteiger charge is -2.29. The van der Waals surface area contributed by atoms with E-state index in [1.165, 1.54) is 37.4 Å². The number of benzene rings is 2. The minimum Gasteiger partial charge on any atom is -0.508 e. The van der Waals surface area contributed by atoms with E-state index in [4.69, 9.17) is 9.47 Å². The number of ether oxygens (including phenoxy) is 2. The fourth-order valence-corrected chi connectivity index (χ4v) is 2.52. The maximum absolute atomic E-state index is 12.6. The molecule has 0 spiro atoms. The normalized spacial score (nSPS) is 20.2. The lowest BCUT2D eigenvalue weighted by molar-refractivity contribution is -0.0390. The zero-order chi connectivity index (χ0) is 15.9. The van der Waals surface area contributed by atoms with Gasteiger partial charge in [0.25, 0.3) is 0 Å². The van der Waals surface area contributed by atoms with E-state index in [2.05, 4.69) is 0 Å². The minimum absolute atomic E-state index is 0.0653. The van der Waals surface area contributed by atoms with Gasteiger partial charge in [0.15, 0.2) is 5.78 Å². The number of aromatic hydroxyl groups is 2. The molecule has 1 aliphatic heterocycles. The molecular formula is C16H14O6. The maximum Gasteiger partial charge on any atom is 0.211 e. The Kier molecular flexibility index (Phi) is 3.38. The summed E-state index contributed by atoms with van der Waals surface area (Å²) in [6.45, 7) is 0. The quantitative estimate of drug-likeness (QED) is 0.782. The van der Waals surface area contributed by atoms with Crippen LogP contribution >= 0.6 is 0 Å². The molecule has 2 atom stereocenters. The number of aliphatic hydroxyl groups excluding tert-OH is 1. The van der Waals surface area contributed by atoms with Crippen molar-refractivity contribution >= 4 is 5.78 Å². The predicted octanol–water partition coefficient (Wildman–Crippen LogP) is 1.78. The smallest absolute Gasteiger partial charge is 0.211 e. The van der Waals surface area contributed by atoms with Crippen molar-refractivity contribution < 1.29 is 29.6 Å².